The van der Waals surface area contributed by atoms with E-state index in [-0.39, 0.29) is 5.91 Å². The molecule has 0 saturated carbocycles. The molecule has 26 heavy (non-hydrogen) atoms. The third-order valence-electron chi connectivity index (χ3n) is 5.23. The molecule has 0 saturated heterocycles. The highest BCUT2D eigenvalue weighted by molar-refractivity contribution is 6.00. The quantitative estimate of drug-likeness (QED) is 0.743. The highest BCUT2D eigenvalue weighted by Gasteiger charge is 2.47. The van der Waals surface area contributed by atoms with Crippen molar-refractivity contribution in [1.82, 2.24) is 10.3 Å². The molecule has 3 heteroatoms. The highest BCUT2D eigenvalue weighted by atomic mass is 16.2. The van der Waals surface area contributed by atoms with Gasteiger partial charge in [0.1, 0.15) is 5.41 Å². The lowest BCUT2D eigenvalue weighted by molar-refractivity contribution is -0.125. The van der Waals surface area contributed by atoms with Crippen molar-refractivity contribution < 1.29 is 4.79 Å². The minimum Gasteiger partial charge on any atom is -0.349 e. The van der Waals surface area contributed by atoms with Crippen LogP contribution < -0.4 is 5.32 Å². The SMILES string of the molecule is CCCC1(C(=O)NCc2ccccn2)c2ccccc2-c2ccccc21. The van der Waals surface area contributed by atoms with E-state index in [0.717, 1.165) is 29.7 Å². The van der Waals surface area contributed by atoms with Crippen molar-refractivity contribution in [2.24, 2.45) is 0 Å². The third-order valence-corrected chi connectivity index (χ3v) is 5.23. The molecule has 0 aliphatic heterocycles. The molecule has 1 aromatic heterocycles. The Balaban J connectivity index is 1.77. The van der Waals surface area contributed by atoms with Gasteiger partial charge in [-0.05, 0) is 40.8 Å². The van der Waals surface area contributed by atoms with E-state index in [1.54, 1.807) is 6.20 Å². The zero-order valence-electron chi connectivity index (χ0n) is 14.9. The Morgan fingerprint density at radius 2 is 1.54 bits per heavy atom. The highest BCUT2D eigenvalue weighted by Crippen LogP contribution is 2.51. The van der Waals surface area contributed by atoms with Gasteiger partial charge in [-0.15, -0.1) is 0 Å². The third kappa shape index (κ3) is 2.51. The molecular weight excluding hydrogens is 320 g/mol. The van der Waals surface area contributed by atoms with Crippen LogP contribution in [0.4, 0.5) is 0 Å². The lowest BCUT2D eigenvalue weighted by atomic mass is 9.74. The van der Waals surface area contributed by atoms with Gasteiger partial charge in [0.25, 0.3) is 0 Å². The molecule has 1 aliphatic carbocycles. The van der Waals surface area contributed by atoms with Gasteiger partial charge in [0.2, 0.25) is 5.91 Å². The van der Waals surface area contributed by atoms with Crippen molar-refractivity contribution in [3.05, 3.63) is 89.7 Å². The van der Waals surface area contributed by atoms with Gasteiger partial charge in [-0.3, -0.25) is 9.78 Å². The fourth-order valence-corrected chi connectivity index (χ4v) is 4.15. The maximum atomic E-state index is 13.5. The Labute approximate surface area is 154 Å². The van der Waals surface area contributed by atoms with E-state index in [4.69, 9.17) is 0 Å². The summed E-state index contributed by atoms with van der Waals surface area (Å²) < 4.78 is 0. The van der Waals surface area contributed by atoms with E-state index >= 15 is 0 Å². The van der Waals surface area contributed by atoms with Crippen LogP contribution in [-0.2, 0) is 16.8 Å². The average molecular weight is 342 g/mol. The van der Waals surface area contributed by atoms with Crippen molar-refractivity contribution in [1.29, 1.82) is 0 Å². The lowest BCUT2D eigenvalue weighted by Gasteiger charge is -2.30. The van der Waals surface area contributed by atoms with Crippen LogP contribution in [0.3, 0.4) is 0 Å². The molecule has 0 fully saturated rings. The number of carbonyl (C=O) groups is 1. The van der Waals surface area contributed by atoms with Crippen molar-refractivity contribution in [2.45, 2.75) is 31.7 Å². The first-order chi connectivity index (χ1) is 12.8. The second kappa shape index (κ2) is 6.75. The molecule has 0 bridgehead atoms. The first kappa shape index (κ1) is 16.5. The molecule has 0 radical (unpaired) electrons. The minimum atomic E-state index is -0.628. The van der Waals surface area contributed by atoms with Crippen LogP contribution in [0, 0.1) is 0 Å². The fraction of sp³-hybridized carbons (Fsp3) is 0.217. The lowest BCUT2D eigenvalue weighted by Crippen LogP contribution is -2.44. The van der Waals surface area contributed by atoms with Gasteiger partial charge in [-0.1, -0.05) is 67.9 Å². The van der Waals surface area contributed by atoms with Crippen LogP contribution in [-0.4, -0.2) is 10.9 Å². The Hall–Kier alpha value is -2.94. The first-order valence-electron chi connectivity index (χ1n) is 9.15. The van der Waals surface area contributed by atoms with Gasteiger partial charge in [-0.2, -0.15) is 0 Å². The zero-order chi connectivity index (χ0) is 18.0. The van der Waals surface area contributed by atoms with E-state index in [1.807, 2.05) is 42.5 Å². The van der Waals surface area contributed by atoms with Gasteiger partial charge >= 0.3 is 0 Å². The van der Waals surface area contributed by atoms with Crippen LogP contribution in [0.1, 0.15) is 36.6 Å². The predicted molar refractivity (Wildman–Crippen MR) is 104 cm³/mol. The van der Waals surface area contributed by atoms with Crippen LogP contribution in [0.5, 0.6) is 0 Å². The molecule has 1 heterocycles. The molecule has 2 aromatic carbocycles. The van der Waals surface area contributed by atoms with Gasteiger partial charge in [-0.25, -0.2) is 0 Å². The summed E-state index contributed by atoms with van der Waals surface area (Å²) in [5, 5.41) is 3.15. The van der Waals surface area contributed by atoms with Gasteiger partial charge in [0.15, 0.2) is 0 Å². The maximum absolute atomic E-state index is 13.5. The molecule has 0 spiro atoms. The van der Waals surface area contributed by atoms with Crippen LogP contribution in [0.2, 0.25) is 0 Å². The maximum Gasteiger partial charge on any atom is 0.235 e. The van der Waals surface area contributed by atoms with Crippen LogP contribution in [0.25, 0.3) is 11.1 Å². The number of nitrogens with zero attached hydrogens (tertiary/aromatic N) is 1. The van der Waals surface area contributed by atoms with Gasteiger partial charge in [0.05, 0.1) is 12.2 Å². The van der Waals surface area contributed by atoms with E-state index in [0.29, 0.717) is 6.54 Å². The van der Waals surface area contributed by atoms with Crippen molar-refractivity contribution in [3.8, 4) is 11.1 Å². The summed E-state index contributed by atoms with van der Waals surface area (Å²) in [5.74, 6) is 0.0578. The number of hydrogen-bond donors (Lipinski definition) is 1. The number of hydrogen-bond acceptors (Lipinski definition) is 2. The molecule has 3 nitrogen and oxygen atoms in total. The molecule has 0 atom stereocenters. The van der Waals surface area contributed by atoms with Crippen molar-refractivity contribution in [3.63, 3.8) is 0 Å². The summed E-state index contributed by atoms with van der Waals surface area (Å²) in [5.41, 5.74) is 4.81. The average Bonchev–Trinajstić information content (AvgIpc) is 2.99. The molecular formula is C23H22N2O. The van der Waals surface area contributed by atoms with E-state index in [2.05, 4.69) is 41.5 Å². The van der Waals surface area contributed by atoms with Crippen LogP contribution in [0.15, 0.2) is 72.9 Å². The number of amides is 1. The number of aromatic nitrogens is 1. The second-order valence-electron chi connectivity index (χ2n) is 6.75. The fourth-order valence-electron chi connectivity index (χ4n) is 4.15. The standard InChI is InChI=1S/C23H22N2O/c1-2-14-23(22(26)25-16-17-9-7-8-15-24-17)20-12-5-3-10-18(20)19-11-4-6-13-21(19)23/h3-13,15H,2,14,16H2,1H3,(H,25,26). The molecule has 0 unspecified atom stereocenters. The number of carbonyl (C=O) groups excluding carboxylic acids is 1. The summed E-state index contributed by atoms with van der Waals surface area (Å²) in [4.78, 5) is 17.8. The summed E-state index contributed by atoms with van der Waals surface area (Å²) in [6, 6.07) is 22.4. The number of pyridine rings is 1. The van der Waals surface area contributed by atoms with Crippen molar-refractivity contribution in [2.75, 3.05) is 0 Å². The minimum absolute atomic E-state index is 0.0578. The Morgan fingerprint density at radius 1 is 0.923 bits per heavy atom. The molecule has 4 rings (SSSR count). The summed E-state index contributed by atoms with van der Waals surface area (Å²) in [6.07, 6.45) is 3.47. The van der Waals surface area contributed by atoms with E-state index in [9.17, 15) is 4.79 Å². The first-order valence-corrected chi connectivity index (χ1v) is 9.15. The number of benzene rings is 2. The Bertz CT molecular complexity index is 888. The van der Waals surface area contributed by atoms with E-state index in [1.165, 1.54) is 11.1 Å². The zero-order valence-corrected chi connectivity index (χ0v) is 14.9. The normalized spacial score (nSPS) is 13.7. The molecule has 1 aliphatic rings. The Kier molecular flexibility index (Phi) is 4.29. The summed E-state index contributed by atoms with van der Waals surface area (Å²) >= 11 is 0. The number of rotatable bonds is 5. The van der Waals surface area contributed by atoms with Gasteiger partial charge in [0, 0.05) is 6.20 Å². The summed E-state index contributed by atoms with van der Waals surface area (Å²) in [7, 11) is 0. The van der Waals surface area contributed by atoms with Gasteiger partial charge < -0.3 is 5.32 Å². The van der Waals surface area contributed by atoms with Crippen LogP contribution >= 0.6 is 0 Å². The smallest absolute Gasteiger partial charge is 0.235 e. The monoisotopic (exact) mass is 342 g/mol. The largest absolute Gasteiger partial charge is 0.349 e. The Morgan fingerprint density at radius 3 is 2.12 bits per heavy atom. The topological polar surface area (TPSA) is 42.0 Å². The van der Waals surface area contributed by atoms with E-state index < -0.39 is 5.41 Å². The molecule has 130 valence electrons. The molecule has 1 N–H and O–H groups in total. The number of nitrogens with one attached hydrogen (secondary N) is 1. The second-order valence-corrected chi connectivity index (χ2v) is 6.75. The molecule has 1 amide bonds. The molecule has 3 aromatic rings. The van der Waals surface area contributed by atoms with Crippen molar-refractivity contribution >= 4 is 5.91 Å². The predicted octanol–water partition coefficient (Wildman–Crippen LogP) is 4.46. The summed E-state index contributed by atoms with van der Waals surface area (Å²) in [6.45, 7) is 2.58. The number of fused-ring (bicyclic) bond motifs is 3.